The lowest BCUT2D eigenvalue weighted by Crippen LogP contribution is -2.58. The predicted molar refractivity (Wildman–Crippen MR) is 52.9 cm³/mol. The van der Waals surface area contributed by atoms with Crippen LogP contribution in [0.15, 0.2) is 9.98 Å². The summed E-state index contributed by atoms with van der Waals surface area (Å²) in [6, 6.07) is 0. The van der Waals surface area contributed by atoms with Crippen LogP contribution in [-0.2, 0) is 0 Å². The van der Waals surface area contributed by atoms with Gasteiger partial charge in [0.25, 0.3) is 0 Å². The summed E-state index contributed by atoms with van der Waals surface area (Å²) in [4.78, 5) is 8.23. The van der Waals surface area contributed by atoms with Crippen molar-refractivity contribution in [2.75, 3.05) is 0 Å². The predicted octanol–water partition coefficient (Wildman–Crippen LogP) is 1.59. The Hall–Kier alpha value is -0.700. The molecule has 0 aromatic carbocycles. The fraction of sp³-hybridized carbons (Fsp3) is 0.778. The van der Waals surface area contributed by atoms with Crippen LogP contribution >= 0.6 is 0 Å². The van der Waals surface area contributed by atoms with E-state index < -0.39 is 0 Å². The van der Waals surface area contributed by atoms with Gasteiger partial charge in [-0.3, -0.25) is 10.3 Å². The van der Waals surface area contributed by atoms with Crippen LogP contribution in [-0.4, -0.2) is 24.3 Å². The van der Waals surface area contributed by atoms with Crippen molar-refractivity contribution in [1.29, 1.82) is 0 Å². The largest absolute Gasteiger partial charge is 0.291 e. The molecule has 1 rings (SSSR count). The van der Waals surface area contributed by atoms with E-state index in [9.17, 15) is 0 Å². The molecule has 0 radical (unpaired) electrons. The zero-order valence-electron chi connectivity index (χ0n) is 8.04. The van der Waals surface area contributed by atoms with Crippen LogP contribution in [0.3, 0.4) is 0 Å². The highest BCUT2D eigenvalue weighted by molar-refractivity contribution is 5.71. The number of rotatable bonds is 3. The van der Waals surface area contributed by atoms with Gasteiger partial charge in [0.05, 0.1) is 0 Å². The first-order chi connectivity index (χ1) is 5.64. The molecule has 12 heavy (non-hydrogen) atoms. The number of hydrogen-bond acceptors (Lipinski definition) is 2. The molecule has 1 unspecified atom stereocenters. The third kappa shape index (κ3) is 2.74. The fourth-order valence-electron chi connectivity index (χ4n) is 1.27. The van der Waals surface area contributed by atoms with Crippen LogP contribution in [0.4, 0.5) is 0 Å². The van der Waals surface area contributed by atoms with E-state index in [-0.39, 0.29) is 11.7 Å². The Kier molecular flexibility index (Phi) is 2.98. The molecule has 1 N–H and O–H groups in total. The summed E-state index contributed by atoms with van der Waals surface area (Å²) in [5.74, 6) is 0. The lowest BCUT2D eigenvalue weighted by Gasteiger charge is -2.41. The van der Waals surface area contributed by atoms with Crippen molar-refractivity contribution >= 4 is 12.6 Å². The van der Waals surface area contributed by atoms with E-state index >= 15 is 0 Å². The Balaban J connectivity index is 2.18. The summed E-state index contributed by atoms with van der Waals surface area (Å²) in [5.41, 5.74) is 0.274. The van der Waals surface area contributed by atoms with Gasteiger partial charge in [0.1, 0.15) is 12.5 Å². The summed E-state index contributed by atoms with van der Waals surface area (Å²) in [6.45, 7) is 6.41. The summed E-state index contributed by atoms with van der Waals surface area (Å²) >= 11 is 0. The topological polar surface area (TPSA) is 36.8 Å². The fourth-order valence-corrected chi connectivity index (χ4v) is 1.27. The Labute approximate surface area is 74.0 Å². The monoisotopic (exact) mass is 167 g/mol. The minimum atomic E-state index is 0.274. The van der Waals surface area contributed by atoms with E-state index in [0.717, 1.165) is 12.8 Å². The molecule has 1 fully saturated rings. The van der Waals surface area contributed by atoms with Crippen LogP contribution in [0.25, 0.3) is 0 Å². The van der Waals surface area contributed by atoms with Crippen molar-refractivity contribution in [2.24, 2.45) is 9.98 Å². The van der Waals surface area contributed by atoms with E-state index in [2.05, 4.69) is 36.1 Å². The Bertz CT molecular complexity index is 186. The minimum absolute atomic E-state index is 0.274. The molecular weight excluding hydrogens is 150 g/mol. The zero-order valence-corrected chi connectivity index (χ0v) is 8.04. The van der Waals surface area contributed by atoms with Gasteiger partial charge in [0, 0.05) is 18.2 Å². The molecular formula is C9H17N3. The molecule has 0 aromatic rings. The highest BCUT2D eigenvalue weighted by atomic mass is 15.2. The Morgan fingerprint density at radius 3 is 2.75 bits per heavy atom. The second-order valence-electron chi connectivity index (χ2n) is 3.75. The maximum absolute atomic E-state index is 4.23. The maximum Gasteiger partial charge on any atom is 0.111 e. The highest BCUT2D eigenvalue weighted by Gasteiger charge is 2.34. The minimum Gasteiger partial charge on any atom is -0.291 e. The number of aliphatic imine (C=N–C) groups is 2. The molecule has 0 aromatic heterocycles. The zero-order chi connectivity index (χ0) is 9.03. The third-order valence-corrected chi connectivity index (χ3v) is 1.86. The third-order valence-electron chi connectivity index (χ3n) is 1.86. The van der Waals surface area contributed by atoms with Gasteiger partial charge in [0.15, 0.2) is 0 Å². The van der Waals surface area contributed by atoms with Crippen molar-refractivity contribution < 1.29 is 0 Å². The number of nitrogens with one attached hydrogen (secondary N) is 1. The van der Waals surface area contributed by atoms with Gasteiger partial charge in [0.2, 0.25) is 0 Å². The molecule has 1 saturated heterocycles. The smallest absolute Gasteiger partial charge is 0.111 e. The number of hydrogen-bond donors (Lipinski definition) is 1. The summed E-state index contributed by atoms with van der Waals surface area (Å²) in [7, 11) is 0. The number of nitrogens with zero attached hydrogens (tertiary/aromatic N) is 2. The van der Waals surface area contributed by atoms with Crippen LogP contribution in [0.2, 0.25) is 0 Å². The van der Waals surface area contributed by atoms with E-state index in [1.54, 1.807) is 6.34 Å². The van der Waals surface area contributed by atoms with Crippen molar-refractivity contribution in [1.82, 2.24) is 5.32 Å². The van der Waals surface area contributed by atoms with Crippen molar-refractivity contribution in [2.45, 2.75) is 45.3 Å². The van der Waals surface area contributed by atoms with Crippen molar-refractivity contribution in [3.8, 4) is 0 Å². The first kappa shape index (κ1) is 9.39. The van der Waals surface area contributed by atoms with Crippen LogP contribution in [0, 0.1) is 0 Å². The van der Waals surface area contributed by atoms with Gasteiger partial charge >= 0.3 is 0 Å². The van der Waals surface area contributed by atoms with Gasteiger partial charge in [-0.1, -0.05) is 6.92 Å². The first-order valence-electron chi connectivity index (χ1n) is 4.45. The molecule has 0 amide bonds. The molecule has 0 spiro atoms. The Morgan fingerprint density at radius 2 is 2.25 bits per heavy atom. The molecule has 0 bridgehead atoms. The highest BCUT2D eigenvalue weighted by Crippen LogP contribution is 2.23. The standard InChI is InChI=1S/C9H17N3/c1-4-5-10-7-11-8-6-9(2,3)12-8/h5,7-8,12H,4,6H2,1-3H3. The quantitative estimate of drug-likeness (QED) is 0.503. The van der Waals surface area contributed by atoms with E-state index in [1.165, 1.54) is 0 Å². The van der Waals surface area contributed by atoms with Crippen molar-refractivity contribution in [3.63, 3.8) is 0 Å². The molecule has 3 heteroatoms. The van der Waals surface area contributed by atoms with Crippen LogP contribution in [0.5, 0.6) is 0 Å². The summed E-state index contributed by atoms with van der Waals surface area (Å²) in [5, 5.41) is 3.32. The van der Waals surface area contributed by atoms with Gasteiger partial charge in [-0.05, 0) is 20.3 Å². The average Bonchev–Trinajstić information content (AvgIpc) is 1.94. The van der Waals surface area contributed by atoms with E-state index in [1.807, 2.05) is 6.21 Å². The summed E-state index contributed by atoms with van der Waals surface area (Å²) < 4.78 is 0. The van der Waals surface area contributed by atoms with E-state index in [0.29, 0.717) is 0 Å². The molecule has 1 aliphatic heterocycles. The molecule has 0 saturated carbocycles. The van der Waals surface area contributed by atoms with E-state index in [4.69, 9.17) is 0 Å². The van der Waals surface area contributed by atoms with Gasteiger partial charge in [-0.2, -0.15) is 0 Å². The molecule has 1 heterocycles. The van der Waals surface area contributed by atoms with Gasteiger partial charge in [-0.25, -0.2) is 4.99 Å². The lowest BCUT2D eigenvalue weighted by molar-refractivity contribution is 0.182. The maximum atomic E-state index is 4.23. The molecule has 3 nitrogen and oxygen atoms in total. The lowest BCUT2D eigenvalue weighted by atomic mass is 9.90. The average molecular weight is 167 g/mol. The molecule has 68 valence electrons. The van der Waals surface area contributed by atoms with Gasteiger partial charge in [-0.15, -0.1) is 0 Å². The second kappa shape index (κ2) is 3.81. The summed E-state index contributed by atoms with van der Waals surface area (Å²) in [6.07, 6.45) is 5.85. The van der Waals surface area contributed by atoms with Crippen LogP contribution < -0.4 is 5.32 Å². The SMILES string of the molecule is CCC=NC=NC1CC(C)(C)N1. The molecule has 1 aliphatic rings. The molecule has 0 aliphatic carbocycles. The van der Waals surface area contributed by atoms with Crippen LogP contribution in [0.1, 0.15) is 33.6 Å². The second-order valence-corrected chi connectivity index (χ2v) is 3.75. The molecule has 1 atom stereocenters. The normalized spacial score (nSPS) is 28.1. The van der Waals surface area contributed by atoms with Crippen molar-refractivity contribution in [3.05, 3.63) is 0 Å². The first-order valence-corrected chi connectivity index (χ1v) is 4.45. The van der Waals surface area contributed by atoms with Gasteiger partial charge < -0.3 is 0 Å². The Morgan fingerprint density at radius 1 is 1.58 bits per heavy atom.